The Hall–Kier alpha value is -4.46. The molecule has 0 amide bonds. The summed E-state index contributed by atoms with van der Waals surface area (Å²) in [7, 11) is -1.36. The molecule has 40 heavy (non-hydrogen) atoms. The molecular formula is C39H32Si. The second kappa shape index (κ2) is 9.62. The Balaban J connectivity index is 1.45. The molecule has 0 aliphatic heterocycles. The van der Waals surface area contributed by atoms with Gasteiger partial charge in [0.2, 0.25) is 0 Å². The lowest BCUT2D eigenvalue weighted by Gasteiger charge is -2.19. The standard InChI is InChI=1S/C39H32Si/c1-40(2,3)33-24-23-30-25-32(22-21-31(30)26-33)39-36-15-9-7-13-34(36)38(35-14-8-10-16-37(35)39)29-19-17-28(18-20-29)27-11-5-4-6-12-27/h4-26H,1-3H3. The summed E-state index contributed by atoms with van der Waals surface area (Å²) in [6.07, 6.45) is 0. The SMILES string of the molecule is C[Si](C)(C)c1ccc2cc(-c3c4ccccc4c(-c4ccc(-c5ccccc5)cc4)c4ccccc34)ccc2c1. The summed E-state index contributed by atoms with van der Waals surface area (Å²) in [5, 5.41) is 9.30. The van der Waals surface area contributed by atoms with E-state index in [1.807, 2.05) is 0 Å². The molecule has 0 atom stereocenters. The lowest BCUT2D eigenvalue weighted by atomic mass is 9.85. The normalized spacial score (nSPS) is 11.9. The van der Waals surface area contributed by atoms with Crippen LogP contribution >= 0.6 is 0 Å². The lowest BCUT2D eigenvalue weighted by molar-refractivity contribution is 1.61. The van der Waals surface area contributed by atoms with Crippen molar-refractivity contribution >= 4 is 45.6 Å². The van der Waals surface area contributed by atoms with E-state index in [2.05, 4.69) is 159 Å². The molecule has 192 valence electrons. The van der Waals surface area contributed by atoms with Gasteiger partial charge in [0, 0.05) is 0 Å². The average Bonchev–Trinajstić information content (AvgIpc) is 2.99. The second-order valence-electron chi connectivity index (χ2n) is 11.8. The second-order valence-corrected chi connectivity index (χ2v) is 16.9. The fourth-order valence-electron chi connectivity index (χ4n) is 6.08. The Bertz CT molecular complexity index is 1950. The van der Waals surface area contributed by atoms with Crippen molar-refractivity contribution in [1.29, 1.82) is 0 Å². The first-order chi connectivity index (χ1) is 19.5. The van der Waals surface area contributed by atoms with Gasteiger partial charge < -0.3 is 0 Å². The van der Waals surface area contributed by atoms with Crippen LogP contribution in [-0.4, -0.2) is 8.07 Å². The Labute approximate surface area is 237 Å². The first-order valence-corrected chi connectivity index (χ1v) is 17.6. The molecule has 0 saturated carbocycles. The summed E-state index contributed by atoms with van der Waals surface area (Å²) in [5.74, 6) is 0. The topological polar surface area (TPSA) is 0 Å². The van der Waals surface area contributed by atoms with Gasteiger partial charge in [-0.1, -0.05) is 158 Å². The minimum Gasteiger partial charge on any atom is -0.0656 e. The molecule has 0 spiro atoms. The highest BCUT2D eigenvalue weighted by Crippen LogP contribution is 2.44. The van der Waals surface area contributed by atoms with Crippen molar-refractivity contribution in [3.63, 3.8) is 0 Å². The van der Waals surface area contributed by atoms with Gasteiger partial charge in [-0.3, -0.25) is 0 Å². The minimum absolute atomic E-state index is 1.24. The van der Waals surface area contributed by atoms with E-state index < -0.39 is 8.07 Å². The molecule has 0 bridgehead atoms. The molecule has 0 aromatic heterocycles. The van der Waals surface area contributed by atoms with Crippen LogP contribution in [0.25, 0.3) is 65.7 Å². The maximum absolute atomic E-state index is 2.41. The van der Waals surface area contributed by atoms with Gasteiger partial charge in [-0.2, -0.15) is 0 Å². The highest BCUT2D eigenvalue weighted by atomic mass is 28.3. The van der Waals surface area contributed by atoms with E-state index in [1.165, 1.54) is 70.9 Å². The van der Waals surface area contributed by atoms with Crippen LogP contribution in [0.15, 0.2) is 140 Å². The van der Waals surface area contributed by atoms with Crippen LogP contribution in [0.3, 0.4) is 0 Å². The lowest BCUT2D eigenvalue weighted by Crippen LogP contribution is -2.37. The van der Waals surface area contributed by atoms with Crippen molar-refractivity contribution in [2.75, 3.05) is 0 Å². The van der Waals surface area contributed by atoms with E-state index in [1.54, 1.807) is 0 Å². The van der Waals surface area contributed by atoms with Crippen molar-refractivity contribution < 1.29 is 0 Å². The van der Waals surface area contributed by atoms with E-state index in [9.17, 15) is 0 Å². The zero-order valence-corrected chi connectivity index (χ0v) is 24.3. The highest BCUT2D eigenvalue weighted by molar-refractivity contribution is 6.88. The Morgan fingerprint density at radius 1 is 0.350 bits per heavy atom. The van der Waals surface area contributed by atoms with Gasteiger partial charge in [-0.15, -0.1) is 0 Å². The Morgan fingerprint density at radius 2 is 0.775 bits per heavy atom. The molecule has 1 heteroatoms. The fraction of sp³-hybridized carbons (Fsp3) is 0.0769. The number of hydrogen-bond acceptors (Lipinski definition) is 0. The van der Waals surface area contributed by atoms with E-state index in [0.29, 0.717) is 0 Å². The summed E-state index contributed by atoms with van der Waals surface area (Å²) in [5.41, 5.74) is 7.61. The van der Waals surface area contributed by atoms with Crippen molar-refractivity contribution in [2.45, 2.75) is 19.6 Å². The number of benzene rings is 7. The fourth-order valence-corrected chi connectivity index (χ4v) is 7.25. The third-order valence-corrected chi connectivity index (χ3v) is 10.3. The maximum Gasteiger partial charge on any atom is 0.0776 e. The zero-order chi connectivity index (χ0) is 27.3. The molecule has 0 N–H and O–H groups in total. The summed E-state index contributed by atoms with van der Waals surface area (Å²) >= 11 is 0. The van der Waals surface area contributed by atoms with E-state index in [-0.39, 0.29) is 0 Å². The molecule has 0 aliphatic carbocycles. The van der Waals surface area contributed by atoms with Crippen LogP contribution in [0.5, 0.6) is 0 Å². The zero-order valence-electron chi connectivity index (χ0n) is 23.3. The van der Waals surface area contributed by atoms with Crippen molar-refractivity contribution in [2.24, 2.45) is 0 Å². The van der Waals surface area contributed by atoms with Gasteiger partial charge >= 0.3 is 0 Å². The predicted octanol–water partition coefficient (Wildman–Crippen LogP) is 10.7. The molecule has 7 aromatic carbocycles. The van der Waals surface area contributed by atoms with Crippen LogP contribution < -0.4 is 5.19 Å². The molecule has 0 aliphatic rings. The molecule has 0 heterocycles. The van der Waals surface area contributed by atoms with Crippen LogP contribution in [-0.2, 0) is 0 Å². The van der Waals surface area contributed by atoms with E-state index in [4.69, 9.17) is 0 Å². The van der Waals surface area contributed by atoms with Gasteiger partial charge in [0.1, 0.15) is 0 Å². The van der Waals surface area contributed by atoms with E-state index >= 15 is 0 Å². The molecule has 0 nitrogen and oxygen atoms in total. The quantitative estimate of drug-likeness (QED) is 0.157. The monoisotopic (exact) mass is 528 g/mol. The van der Waals surface area contributed by atoms with Crippen LogP contribution in [0, 0.1) is 0 Å². The molecule has 0 fully saturated rings. The maximum atomic E-state index is 2.41. The number of fused-ring (bicyclic) bond motifs is 3. The molecule has 7 aromatic rings. The Morgan fingerprint density at radius 3 is 1.35 bits per heavy atom. The highest BCUT2D eigenvalue weighted by Gasteiger charge is 2.18. The average molecular weight is 529 g/mol. The van der Waals surface area contributed by atoms with Crippen LogP contribution in [0.4, 0.5) is 0 Å². The predicted molar refractivity (Wildman–Crippen MR) is 178 cm³/mol. The summed E-state index contributed by atoms with van der Waals surface area (Å²) in [6.45, 7) is 7.24. The van der Waals surface area contributed by atoms with Crippen LogP contribution in [0.1, 0.15) is 0 Å². The van der Waals surface area contributed by atoms with Crippen molar-refractivity contribution in [1.82, 2.24) is 0 Å². The van der Waals surface area contributed by atoms with Crippen molar-refractivity contribution in [3.8, 4) is 33.4 Å². The summed E-state index contributed by atoms with van der Waals surface area (Å²) in [6, 6.07) is 51.6. The van der Waals surface area contributed by atoms with Crippen LogP contribution in [0.2, 0.25) is 19.6 Å². The minimum atomic E-state index is -1.36. The molecule has 7 rings (SSSR count). The summed E-state index contributed by atoms with van der Waals surface area (Å²) < 4.78 is 0. The number of rotatable bonds is 4. The largest absolute Gasteiger partial charge is 0.0776 e. The number of hydrogen-bond donors (Lipinski definition) is 0. The first kappa shape index (κ1) is 24.6. The molecular weight excluding hydrogens is 497 g/mol. The molecule has 0 radical (unpaired) electrons. The van der Waals surface area contributed by atoms with Gasteiger partial charge in [0.15, 0.2) is 0 Å². The smallest absolute Gasteiger partial charge is 0.0656 e. The van der Waals surface area contributed by atoms with Gasteiger partial charge in [0.05, 0.1) is 8.07 Å². The third kappa shape index (κ3) is 4.24. The summed E-state index contributed by atoms with van der Waals surface area (Å²) in [4.78, 5) is 0. The van der Waals surface area contributed by atoms with E-state index in [0.717, 1.165) is 0 Å². The third-order valence-electron chi connectivity index (χ3n) is 8.21. The molecule has 0 saturated heterocycles. The van der Waals surface area contributed by atoms with Gasteiger partial charge in [-0.05, 0) is 71.8 Å². The molecule has 0 unspecified atom stereocenters. The first-order valence-electron chi connectivity index (χ1n) is 14.1. The van der Waals surface area contributed by atoms with Gasteiger partial charge in [0.25, 0.3) is 0 Å². The van der Waals surface area contributed by atoms with Gasteiger partial charge in [-0.25, -0.2) is 0 Å². The Kier molecular flexibility index (Phi) is 5.91. The van der Waals surface area contributed by atoms with Crippen molar-refractivity contribution in [3.05, 3.63) is 140 Å².